The van der Waals surface area contributed by atoms with E-state index in [0.717, 1.165) is 0 Å². The summed E-state index contributed by atoms with van der Waals surface area (Å²) in [6, 6.07) is 5.03. The van der Waals surface area contributed by atoms with Gasteiger partial charge >= 0.3 is 12.4 Å². The fourth-order valence-corrected chi connectivity index (χ4v) is 2.60. The lowest BCUT2D eigenvalue weighted by Gasteiger charge is -2.12. The van der Waals surface area contributed by atoms with E-state index in [1.165, 1.54) is 24.3 Å². The van der Waals surface area contributed by atoms with Crippen LogP contribution in [0.3, 0.4) is 0 Å². The third-order valence-electron chi connectivity index (χ3n) is 3.65. The van der Waals surface area contributed by atoms with E-state index in [1.807, 2.05) is 0 Å². The van der Waals surface area contributed by atoms with E-state index in [2.05, 4.69) is 15.0 Å². The van der Waals surface area contributed by atoms with Gasteiger partial charge in [-0.2, -0.15) is 31.3 Å². The summed E-state index contributed by atoms with van der Waals surface area (Å²) in [5.74, 6) is -0.209. The zero-order chi connectivity index (χ0) is 21.4. The van der Waals surface area contributed by atoms with Gasteiger partial charge in [0.15, 0.2) is 11.2 Å². The van der Waals surface area contributed by atoms with Crippen LogP contribution in [0.4, 0.5) is 26.3 Å². The normalized spacial score (nSPS) is 12.5. The van der Waals surface area contributed by atoms with Crippen LogP contribution in [0.15, 0.2) is 29.1 Å². The van der Waals surface area contributed by atoms with Crippen molar-refractivity contribution in [2.75, 3.05) is 6.61 Å². The van der Waals surface area contributed by atoms with E-state index in [0.29, 0.717) is 9.59 Å². The Hall–Kier alpha value is -2.76. The van der Waals surface area contributed by atoms with Crippen LogP contribution < -0.4 is 10.3 Å². The van der Waals surface area contributed by atoms with Gasteiger partial charge in [0.1, 0.15) is 19.0 Å². The van der Waals surface area contributed by atoms with Gasteiger partial charge in [0.25, 0.3) is 11.6 Å². The average molecular weight is 441 g/mol. The third kappa shape index (κ3) is 5.19. The van der Waals surface area contributed by atoms with Gasteiger partial charge in [-0.15, -0.1) is 0 Å². The number of ether oxygens (including phenoxy) is 1. The minimum Gasteiger partial charge on any atom is -0.464 e. The first-order valence-electron chi connectivity index (χ1n) is 7.96. The number of aromatic nitrogens is 4. The van der Waals surface area contributed by atoms with Crippen molar-refractivity contribution < 1.29 is 31.1 Å². The number of halogens is 7. The van der Waals surface area contributed by atoms with E-state index < -0.39 is 54.7 Å². The molecule has 0 amide bonds. The van der Waals surface area contributed by atoms with Crippen molar-refractivity contribution in [3.8, 4) is 17.4 Å². The molecule has 2 heterocycles. The molecule has 0 aliphatic heterocycles. The summed E-state index contributed by atoms with van der Waals surface area (Å²) in [5, 5.41) is 0.337. The lowest BCUT2D eigenvalue weighted by Crippen LogP contribution is -2.20. The van der Waals surface area contributed by atoms with Crippen molar-refractivity contribution in [3.63, 3.8) is 0 Å². The van der Waals surface area contributed by atoms with Crippen LogP contribution in [-0.2, 0) is 6.54 Å². The molecule has 29 heavy (non-hydrogen) atoms. The molecule has 6 nitrogen and oxygen atoms in total. The van der Waals surface area contributed by atoms with Crippen LogP contribution >= 0.6 is 11.6 Å². The van der Waals surface area contributed by atoms with Gasteiger partial charge in [-0.05, 0) is 24.3 Å². The molecule has 0 fully saturated rings. The molecule has 0 spiro atoms. The molecule has 0 radical (unpaired) electrons. The number of hydrogen-bond donors (Lipinski definition) is 1. The van der Waals surface area contributed by atoms with E-state index in [9.17, 15) is 31.1 Å². The highest BCUT2D eigenvalue weighted by Crippen LogP contribution is 2.28. The van der Waals surface area contributed by atoms with Crippen LogP contribution in [0.1, 0.15) is 6.42 Å². The quantitative estimate of drug-likeness (QED) is 0.599. The molecule has 0 bridgehead atoms. The molecule has 1 aromatic carbocycles. The summed E-state index contributed by atoms with van der Waals surface area (Å²) in [4.78, 5) is 21.9. The Kier molecular flexibility index (Phi) is 5.48. The average Bonchev–Trinajstić information content (AvgIpc) is 2.92. The van der Waals surface area contributed by atoms with Crippen molar-refractivity contribution in [2.24, 2.45) is 0 Å². The van der Waals surface area contributed by atoms with Gasteiger partial charge < -0.3 is 4.74 Å². The molecular formula is C16H11ClF6N4O2. The van der Waals surface area contributed by atoms with E-state index in [1.54, 1.807) is 0 Å². The van der Waals surface area contributed by atoms with Gasteiger partial charge in [-0.25, -0.2) is 4.98 Å². The Balaban J connectivity index is 2.09. The molecule has 0 saturated heterocycles. The topological polar surface area (TPSA) is 72.8 Å². The van der Waals surface area contributed by atoms with E-state index >= 15 is 0 Å². The molecule has 0 unspecified atom stereocenters. The van der Waals surface area contributed by atoms with Crippen molar-refractivity contribution >= 4 is 22.8 Å². The SMILES string of the molecule is O=c1[nH]c(OCCC(F)(F)F)nc2c1nc(-c1ccc(Cl)cc1)n2CC(F)(F)F. The minimum atomic E-state index is -4.68. The minimum absolute atomic E-state index is 0.209. The molecule has 1 N–H and O–H groups in total. The molecule has 3 rings (SSSR count). The molecule has 0 atom stereocenters. The molecule has 3 aromatic rings. The molecule has 0 saturated carbocycles. The smallest absolute Gasteiger partial charge is 0.406 e. The summed E-state index contributed by atoms with van der Waals surface area (Å²) in [5.41, 5.74) is -1.61. The number of alkyl halides is 6. The summed E-state index contributed by atoms with van der Waals surface area (Å²) in [6.07, 6.45) is -10.5. The molecule has 2 aromatic heterocycles. The molecular weight excluding hydrogens is 430 g/mol. The predicted molar refractivity (Wildman–Crippen MR) is 90.8 cm³/mol. The molecule has 0 aliphatic carbocycles. The van der Waals surface area contributed by atoms with Gasteiger partial charge in [-0.3, -0.25) is 14.3 Å². The van der Waals surface area contributed by atoms with Gasteiger partial charge in [0.05, 0.1) is 6.42 Å². The second-order valence-corrected chi connectivity index (χ2v) is 6.34. The second kappa shape index (κ2) is 7.58. The largest absolute Gasteiger partial charge is 0.464 e. The second-order valence-electron chi connectivity index (χ2n) is 5.90. The Morgan fingerprint density at radius 1 is 1.03 bits per heavy atom. The third-order valence-corrected chi connectivity index (χ3v) is 3.90. The Labute approximate surface area is 163 Å². The summed E-state index contributed by atoms with van der Waals surface area (Å²) >= 11 is 5.78. The molecule has 0 aliphatic rings. The van der Waals surface area contributed by atoms with Crippen molar-refractivity contribution in [2.45, 2.75) is 25.3 Å². The van der Waals surface area contributed by atoms with Crippen molar-refractivity contribution in [1.82, 2.24) is 19.5 Å². The van der Waals surface area contributed by atoms with Crippen LogP contribution in [0.25, 0.3) is 22.6 Å². The highest BCUT2D eigenvalue weighted by atomic mass is 35.5. The first-order valence-corrected chi connectivity index (χ1v) is 8.33. The Bertz CT molecular complexity index is 1070. The number of H-pyrrole nitrogens is 1. The van der Waals surface area contributed by atoms with Crippen LogP contribution in [-0.4, -0.2) is 38.5 Å². The van der Waals surface area contributed by atoms with Crippen LogP contribution in [0.5, 0.6) is 6.01 Å². The standard InChI is InChI=1S/C16H11ClF6N4O2/c17-9-3-1-8(2-4-9)11-24-10-12(27(11)7-16(21,22)23)25-14(26-13(10)28)29-6-5-15(18,19)20/h1-4H,5-7H2,(H,25,26,28). The number of hydrogen-bond acceptors (Lipinski definition) is 4. The summed E-state index contributed by atoms with van der Waals surface area (Å²) in [6.45, 7) is -2.39. The highest BCUT2D eigenvalue weighted by Gasteiger charge is 2.32. The number of imidazole rings is 1. The van der Waals surface area contributed by atoms with Crippen molar-refractivity contribution in [3.05, 3.63) is 39.6 Å². The number of benzene rings is 1. The fourth-order valence-electron chi connectivity index (χ4n) is 2.47. The van der Waals surface area contributed by atoms with Crippen LogP contribution in [0, 0.1) is 0 Å². The number of rotatable bonds is 5. The van der Waals surface area contributed by atoms with E-state index in [-0.39, 0.29) is 11.4 Å². The number of fused-ring (bicyclic) bond motifs is 1. The van der Waals surface area contributed by atoms with Crippen molar-refractivity contribution in [1.29, 1.82) is 0 Å². The fraction of sp³-hybridized carbons (Fsp3) is 0.312. The maximum atomic E-state index is 13.1. The van der Waals surface area contributed by atoms with E-state index in [4.69, 9.17) is 16.3 Å². The lowest BCUT2D eigenvalue weighted by atomic mass is 10.2. The first-order chi connectivity index (χ1) is 13.4. The zero-order valence-corrected chi connectivity index (χ0v) is 15.0. The first kappa shape index (κ1) is 21.0. The zero-order valence-electron chi connectivity index (χ0n) is 14.2. The molecule has 13 heteroatoms. The lowest BCUT2D eigenvalue weighted by molar-refractivity contribution is -0.141. The van der Waals surface area contributed by atoms with Gasteiger partial charge in [0.2, 0.25) is 0 Å². The summed E-state index contributed by atoms with van der Waals surface area (Å²) < 4.78 is 81.4. The number of nitrogens with zero attached hydrogens (tertiary/aromatic N) is 3. The van der Waals surface area contributed by atoms with Gasteiger partial charge in [-0.1, -0.05) is 11.6 Å². The number of aromatic amines is 1. The molecule has 156 valence electrons. The summed E-state index contributed by atoms with van der Waals surface area (Å²) in [7, 11) is 0. The Morgan fingerprint density at radius 2 is 1.69 bits per heavy atom. The predicted octanol–water partition coefficient (Wildman–Crippen LogP) is 4.33. The highest BCUT2D eigenvalue weighted by molar-refractivity contribution is 6.30. The Morgan fingerprint density at radius 3 is 2.28 bits per heavy atom. The van der Waals surface area contributed by atoms with Gasteiger partial charge in [0, 0.05) is 10.6 Å². The number of nitrogens with one attached hydrogen (secondary N) is 1. The maximum absolute atomic E-state index is 13.1. The maximum Gasteiger partial charge on any atom is 0.406 e. The van der Waals surface area contributed by atoms with Crippen LogP contribution in [0.2, 0.25) is 5.02 Å². The monoisotopic (exact) mass is 440 g/mol.